The number of H-pyrrole nitrogens is 1. The maximum absolute atomic E-state index is 12.0. The second-order valence-electron chi connectivity index (χ2n) is 5.27. The van der Waals surface area contributed by atoms with Gasteiger partial charge in [-0.3, -0.25) is 9.59 Å². The van der Waals surface area contributed by atoms with Crippen molar-refractivity contribution < 1.29 is 14.7 Å². The summed E-state index contributed by atoms with van der Waals surface area (Å²) in [6, 6.07) is 11.8. The summed E-state index contributed by atoms with van der Waals surface area (Å²) in [6.07, 6.45) is 0. The van der Waals surface area contributed by atoms with E-state index in [0.29, 0.717) is 26.0 Å². The van der Waals surface area contributed by atoms with E-state index in [1.807, 2.05) is 0 Å². The number of hydrogen-bond donors (Lipinski definition) is 3. The lowest BCUT2D eigenvalue weighted by Crippen LogP contribution is -2.28. The number of nitrogens with one attached hydrogen (secondary N) is 2. The standard InChI is InChI=1S/C17H12BrClN4O3/c18-12-4-2-1-3-10(12)16(25)20-8-14(24)22-23-15-11-7-9(19)5-6-13(11)21-17(15)26/h1-7,21,26H,8H2,(H,20,25). The summed E-state index contributed by atoms with van der Waals surface area (Å²) in [5, 5.41) is 20.7. The molecule has 0 fully saturated rings. The van der Waals surface area contributed by atoms with Crippen LogP contribution >= 0.6 is 27.5 Å². The number of nitrogens with zero attached hydrogens (tertiary/aromatic N) is 2. The number of amides is 2. The Balaban J connectivity index is 1.69. The van der Waals surface area contributed by atoms with Crippen LogP contribution in [0.4, 0.5) is 5.69 Å². The number of benzene rings is 2. The molecule has 3 rings (SSSR count). The van der Waals surface area contributed by atoms with Gasteiger partial charge in [0.25, 0.3) is 11.8 Å². The van der Waals surface area contributed by atoms with Gasteiger partial charge in [-0.15, -0.1) is 10.2 Å². The van der Waals surface area contributed by atoms with Gasteiger partial charge in [-0.05, 0) is 46.3 Å². The Labute approximate surface area is 161 Å². The summed E-state index contributed by atoms with van der Waals surface area (Å²) >= 11 is 9.20. The monoisotopic (exact) mass is 434 g/mol. The molecule has 0 saturated carbocycles. The number of aromatic nitrogens is 1. The number of carbonyl (C=O) groups excluding carboxylic acids is 2. The summed E-state index contributed by atoms with van der Waals surface area (Å²) in [6.45, 7) is -0.326. The molecule has 0 aliphatic heterocycles. The van der Waals surface area contributed by atoms with E-state index in [0.717, 1.165) is 0 Å². The molecule has 2 amide bonds. The maximum atomic E-state index is 12.0. The second-order valence-corrected chi connectivity index (χ2v) is 6.56. The van der Waals surface area contributed by atoms with Crippen LogP contribution in [0.25, 0.3) is 10.9 Å². The average Bonchev–Trinajstić information content (AvgIpc) is 2.92. The number of hydrogen-bond acceptors (Lipinski definition) is 4. The van der Waals surface area contributed by atoms with Gasteiger partial charge in [0.15, 0.2) is 5.69 Å². The molecular weight excluding hydrogens is 424 g/mol. The van der Waals surface area contributed by atoms with Crippen molar-refractivity contribution in [1.82, 2.24) is 10.3 Å². The first-order chi connectivity index (χ1) is 12.5. The molecule has 0 unspecified atom stereocenters. The third-order valence-electron chi connectivity index (χ3n) is 3.49. The summed E-state index contributed by atoms with van der Waals surface area (Å²) in [5.74, 6) is -1.31. The van der Waals surface area contributed by atoms with Gasteiger partial charge in [-0.1, -0.05) is 23.7 Å². The minimum atomic E-state index is -0.666. The number of azo groups is 1. The maximum Gasteiger partial charge on any atom is 0.283 e. The molecule has 9 heteroatoms. The van der Waals surface area contributed by atoms with Crippen LogP contribution in [0.15, 0.2) is 57.2 Å². The van der Waals surface area contributed by atoms with Crippen LogP contribution in [0.1, 0.15) is 10.4 Å². The van der Waals surface area contributed by atoms with Gasteiger partial charge in [-0.25, -0.2) is 0 Å². The first-order valence-electron chi connectivity index (χ1n) is 7.43. The van der Waals surface area contributed by atoms with Crippen molar-refractivity contribution in [3.8, 4) is 5.88 Å². The third-order valence-corrected chi connectivity index (χ3v) is 4.42. The van der Waals surface area contributed by atoms with Crippen molar-refractivity contribution in [3.63, 3.8) is 0 Å². The fourth-order valence-corrected chi connectivity index (χ4v) is 2.91. The molecule has 0 atom stereocenters. The van der Waals surface area contributed by atoms with Crippen molar-refractivity contribution in [1.29, 1.82) is 0 Å². The molecule has 1 heterocycles. The van der Waals surface area contributed by atoms with E-state index in [9.17, 15) is 14.7 Å². The molecule has 0 spiro atoms. The molecule has 132 valence electrons. The minimum Gasteiger partial charge on any atom is -0.493 e. The lowest BCUT2D eigenvalue weighted by atomic mass is 10.2. The molecular formula is C17H12BrClN4O3. The van der Waals surface area contributed by atoms with Gasteiger partial charge in [-0.2, -0.15) is 0 Å². The van der Waals surface area contributed by atoms with E-state index in [2.05, 4.69) is 36.5 Å². The summed E-state index contributed by atoms with van der Waals surface area (Å²) in [7, 11) is 0. The van der Waals surface area contributed by atoms with Crippen LogP contribution in [0.2, 0.25) is 5.02 Å². The van der Waals surface area contributed by atoms with Crippen molar-refractivity contribution in [2.45, 2.75) is 0 Å². The van der Waals surface area contributed by atoms with E-state index in [4.69, 9.17) is 11.6 Å². The number of halogens is 2. The molecule has 0 bridgehead atoms. The van der Waals surface area contributed by atoms with Crippen LogP contribution in [-0.4, -0.2) is 28.4 Å². The highest BCUT2D eigenvalue weighted by atomic mass is 79.9. The van der Waals surface area contributed by atoms with Gasteiger partial charge in [0.05, 0.1) is 11.1 Å². The predicted octanol–water partition coefficient (Wildman–Crippen LogP) is 4.33. The Morgan fingerprint density at radius 1 is 1.23 bits per heavy atom. The molecule has 0 aliphatic rings. The molecule has 7 nitrogen and oxygen atoms in total. The number of aromatic hydroxyl groups is 1. The Morgan fingerprint density at radius 3 is 2.77 bits per heavy atom. The summed E-state index contributed by atoms with van der Waals surface area (Å²) in [4.78, 5) is 26.6. The SMILES string of the molecule is O=C(CNC(=O)c1ccccc1Br)N=Nc1c(O)[nH]c2ccc(Cl)cc12. The van der Waals surface area contributed by atoms with Crippen LogP contribution in [0, 0.1) is 0 Å². The Hall–Kier alpha value is -2.71. The smallest absolute Gasteiger partial charge is 0.283 e. The summed E-state index contributed by atoms with van der Waals surface area (Å²) < 4.78 is 0.618. The first kappa shape index (κ1) is 18.1. The summed E-state index contributed by atoms with van der Waals surface area (Å²) in [5.41, 5.74) is 1.12. The molecule has 2 aromatic carbocycles. The molecule has 3 aromatic rings. The quantitative estimate of drug-likeness (QED) is 0.531. The fraction of sp³-hybridized carbons (Fsp3) is 0.0588. The van der Waals surface area contributed by atoms with Gasteiger partial charge in [0, 0.05) is 14.9 Å². The zero-order chi connectivity index (χ0) is 18.7. The lowest BCUT2D eigenvalue weighted by molar-refractivity contribution is -0.117. The predicted molar refractivity (Wildman–Crippen MR) is 101 cm³/mol. The van der Waals surface area contributed by atoms with Crippen molar-refractivity contribution in [2.75, 3.05) is 6.54 Å². The molecule has 3 N–H and O–H groups in total. The van der Waals surface area contributed by atoms with Crippen LogP contribution in [0.5, 0.6) is 5.88 Å². The normalized spacial score (nSPS) is 11.2. The van der Waals surface area contributed by atoms with Gasteiger partial charge in [0.1, 0.15) is 6.54 Å². The van der Waals surface area contributed by atoms with Gasteiger partial charge in [0.2, 0.25) is 5.88 Å². The highest BCUT2D eigenvalue weighted by molar-refractivity contribution is 9.10. The van der Waals surface area contributed by atoms with Crippen molar-refractivity contribution in [3.05, 3.63) is 57.5 Å². The Morgan fingerprint density at radius 2 is 2.00 bits per heavy atom. The average molecular weight is 436 g/mol. The van der Waals surface area contributed by atoms with Gasteiger partial charge >= 0.3 is 0 Å². The van der Waals surface area contributed by atoms with E-state index in [-0.39, 0.29) is 18.1 Å². The van der Waals surface area contributed by atoms with Gasteiger partial charge < -0.3 is 15.4 Å². The van der Waals surface area contributed by atoms with Crippen LogP contribution in [-0.2, 0) is 4.79 Å². The zero-order valence-electron chi connectivity index (χ0n) is 13.2. The van der Waals surface area contributed by atoms with E-state index in [1.165, 1.54) is 0 Å². The van der Waals surface area contributed by atoms with Crippen LogP contribution in [0.3, 0.4) is 0 Å². The minimum absolute atomic E-state index is 0.105. The van der Waals surface area contributed by atoms with Crippen LogP contribution < -0.4 is 5.32 Å². The number of aromatic amines is 1. The number of carbonyl (C=O) groups is 2. The molecule has 26 heavy (non-hydrogen) atoms. The second kappa shape index (κ2) is 7.67. The zero-order valence-corrected chi connectivity index (χ0v) is 15.5. The number of rotatable bonds is 4. The molecule has 0 aliphatic carbocycles. The van der Waals surface area contributed by atoms with E-state index in [1.54, 1.807) is 42.5 Å². The Bertz CT molecular complexity index is 1030. The third kappa shape index (κ3) is 3.92. The number of fused-ring (bicyclic) bond motifs is 1. The molecule has 1 aromatic heterocycles. The van der Waals surface area contributed by atoms with Crippen molar-refractivity contribution >= 4 is 55.9 Å². The highest BCUT2D eigenvalue weighted by Gasteiger charge is 2.13. The fourth-order valence-electron chi connectivity index (χ4n) is 2.27. The lowest BCUT2D eigenvalue weighted by Gasteiger charge is -2.04. The topological polar surface area (TPSA) is 107 Å². The van der Waals surface area contributed by atoms with E-state index >= 15 is 0 Å². The van der Waals surface area contributed by atoms with E-state index < -0.39 is 11.8 Å². The molecule has 0 saturated heterocycles. The largest absolute Gasteiger partial charge is 0.493 e. The molecule has 0 radical (unpaired) electrons. The Kier molecular flexibility index (Phi) is 5.34. The van der Waals surface area contributed by atoms with Crippen molar-refractivity contribution in [2.24, 2.45) is 10.2 Å². The highest BCUT2D eigenvalue weighted by Crippen LogP contribution is 2.36. The first-order valence-corrected chi connectivity index (χ1v) is 8.60.